The highest BCUT2D eigenvalue weighted by Gasteiger charge is 2.73. The van der Waals surface area contributed by atoms with Crippen LogP contribution in [0.2, 0.25) is 0 Å². The number of Topliss-reactive ketones (excluding diaryl/α,β-unsaturated/α-hetero) is 1. The molecule has 16 atom stereocenters. The molecule has 14 heteroatoms. The van der Waals surface area contributed by atoms with Crippen molar-refractivity contribution in [2.75, 3.05) is 13.2 Å². The first-order valence-corrected chi connectivity index (χ1v) is 29.4. The number of carboxylic acid groups (broad SMARTS) is 1. The van der Waals surface area contributed by atoms with Crippen molar-refractivity contribution in [1.82, 2.24) is 0 Å². The first-order valence-electron chi connectivity index (χ1n) is 29.4. The molecule has 77 heavy (non-hydrogen) atoms. The van der Waals surface area contributed by atoms with Crippen molar-refractivity contribution in [1.29, 1.82) is 0 Å². The minimum Gasteiger partial charge on any atom is -0.480 e. The summed E-state index contributed by atoms with van der Waals surface area (Å²) in [7, 11) is 0. The fraction of sp³-hybridized carbons (Fsp3) is 0.841. The van der Waals surface area contributed by atoms with E-state index in [1.54, 1.807) is 0 Å². The molecule has 14 nitrogen and oxygen atoms in total. The molecule has 9 aliphatic rings. The van der Waals surface area contributed by atoms with Crippen LogP contribution >= 0.6 is 0 Å². The van der Waals surface area contributed by atoms with Gasteiger partial charge in [0.25, 0.3) is 0 Å². The molecule has 9 rings (SSSR count). The number of hydrogen-bond acceptors (Lipinski definition) is 13. The van der Waals surface area contributed by atoms with Gasteiger partial charge in [-0.3, -0.25) is 33.6 Å². The smallest absolute Gasteiger partial charge is 0.341 e. The lowest BCUT2D eigenvalue weighted by Gasteiger charge is -2.72. The summed E-state index contributed by atoms with van der Waals surface area (Å²) in [5.74, 6) is -2.65. The lowest BCUT2D eigenvalue weighted by Crippen LogP contribution is -2.68. The Morgan fingerprint density at radius 1 is 0.519 bits per heavy atom. The number of carbonyl (C=O) groups is 8. The molecule has 0 bridgehead atoms. The van der Waals surface area contributed by atoms with Crippen LogP contribution in [-0.4, -0.2) is 78.1 Å². The van der Waals surface area contributed by atoms with Gasteiger partial charge in [-0.05, 0) is 176 Å². The molecule has 0 radical (unpaired) electrons. The molecule has 0 saturated heterocycles. The van der Waals surface area contributed by atoms with Crippen molar-refractivity contribution in [3.8, 4) is 0 Å². The Morgan fingerprint density at radius 3 is 1.40 bits per heavy atom. The van der Waals surface area contributed by atoms with Gasteiger partial charge >= 0.3 is 41.8 Å². The summed E-state index contributed by atoms with van der Waals surface area (Å²) in [6.45, 7) is 32.6. The topological polar surface area (TPSA) is 203 Å². The molecule has 8 fully saturated rings. The van der Waals surface area contributed by atoms with Crippen molar-refractivity contribution in [2.45, 2.75) is 226 Å². The second-order valence-electron chi connectivity index (χ2n) is 29.2. The van der Waals surface area contributed by atoms with E-state index >= 15 is 0 Å². The Morgan fingerprint density at radius 2 is 0.961 bits per heavy atom. The number of carboxylic acids is 1. The van der Waals surface area contributed by atoms with E-state index in [1.807, 2.05) is 13.8 Å². The highest BCUT2D eigenvalue weighted by atomic mass is 16.6. The van der Waals surface area contributed by atoms with E-state index in [2.05, 4.69) is 69.2 Å². The van der Waals surface area contributed by atoms with Crippen LogP contribution in [0, 0.1) is 95.6 Å². The highest BCUT2D eigenvalue weighted by Crippen LogP contribution is 2.77. The number of aliphatic carboxylic acids is 1. The minimum absolute atomic E-state index is 0.00139. The number of ketones is 1. The van der Waals surface area contributed by atoms with Gasteiger partial charge in [0, 0.05) is 50.0 Å². The number of cyclic esters (lactones) is 2. The largest absolute Gasteiger partial charge is 0.480 e. The predicted molar refractivity (Wildman–Crippen MR) is 286 cm³/mol. The fourth-order valence-corrected chi connectivity index (χ4v) is 20.9. The fourth-order valence-electron chi connectivity index (χ4n) is 20.9. The van der Waals surface area contributed by atoms with Gasteiger partial charge in [0.05, 0.1) is 0 Å². The van der Waals surface area contributed by atoms with Crippen molar-refractivity contribution in [3.63, 3.8) is 0 Å². The number of rotatable bonds is 8. The maximum Gasteiger partial charge on any atom is 0.341 e. The predicted octanol–water partition coefficient (Wildman–Crippen LogP) is 11.8. The van der Waals surface area contributed by atoms with Crippen LogP contribution < -0.4 is 0 Å². The second kappa shape index (κ2) is 19.6. The summed E-state index contributed by atoms with van der Waals surface area (Å²) < 4.78 is 27.7. The number of hydrogen-bond donors (Lipinski definition) is 1. The molecule has 0 amide bonds. The maximum absolute atomic E-state index is 13.9. The summed E-state index contributed by atoms with van der Waals surface area (Å²) in [6, 6.07) is 0. The van der Waals surface area contributed by atoms with Gasteiger partial charge in [0.15, 0.2) is 11.2 Å². The normalized spacial score (nSPS) is 44.3. The van der Waals surface area contributed by atoms with E-state index in [0.29, 0.717) is 48.5 Å². The highest BCUT2D eigenvalue weighted by molar-refractivity contribution is 6.06. The van der Waals surface area contributed by atoms with E-state index in [0.717, 1.165) is 82.6 Å². The third-order valence-electron chi connectivity index (χ3n) is 25.1. The van der Waals surface area contributed by atoms with Crippen LogP contribution in [0.5, 0.6) is 0 Å². The minimum atomic E-state index is -1.65. The van der Waals surface area contributed by atoms with E-state index in [-0.39, 0.29) is 111 Å². The van der Waals surface area contributed by atoms with E-state index < -0.39 is 40.7 Å². The summed E-state index contributed by atoms with van der Waals surface area (Å²) in [5, 5.41) is 10.1. The lowest BCUT2D eigenvalue weighted by atomic mass is 9.32. The number of esters is 6. The molecule has 0 aromatic heterocycles. The molecule has 1 N–H and O–H groups in total. The van der Waals surface area contributed by atoms with Gasteiger partial charge in [-0.25, -0.2) is 4.79 Å². The molecule has 1 heterocycles. The molecular weight excluding hydrogens is 981 g/mol. The monoisotopic (exact) mass is 1070 g/mol. The van der Waals surface area contributed by atoms with Gasteiger partial charge in [-0.1, -0.05) is 83.1 Å². The average molecular weight is 1080 g/mol. The zero-order valence-electron chi connectivity index (χ0n) is 49.7. The number of carbonyl (C=O) groups excluding carboxylic acids is 7. The molecule has 8 saturated carbocycles. The van der Waals surface area contributed by atoms with Crippen LogP contribution in [0.3, 0.4) is 0 Å². The molecule has 1 aliphatic heterocycles. The van der Waals surface area contributed by atoms with Gasteiger partial charge in [-0.2, -0.15) is 0 Å². The van der Waals surface area contributed by atoms with Gasteiger partial charge < -0.3 is 28.8 Å². The standard InChI is InChI=1S/C34H50O7.C29H44O7/c1-19(2)26-27-22-10-11-24-31(7)14-13-25(40-21(4)36)30(5,6)23(31)12-15-33(24,9)32(22,8)16-17-34(27,18-39-20(3)35)29(38)41-28(26)37;1-17(30)35-16-29(24(33)34)15-14-27(6)19(23(29)32)8-9-21-26(5)12-11-22(36-18(2)31)25(3,4)20(26)10-13-28(21,27)7/h19,22-25H,10-18H2,1-9H3;19-22H,8-16H2,1-7H3,(H,33,34)/t22?,23?,24?,25-,31-,32+,33+,34-;19?,20?,21?,22-,26-,27+,28+,29-/m00/s1. The first-order chi connectivity index (χ1) is 35.5. The van der Waals surface area contributed by atoms with Gasteiger partial charge in [0.2, 0.25) is 0 Å². The van der Waals surface area contributed by atoms with Crippen molar-refractivity contribution < 1.29 is 67.1 Å². The Hall–Kier alpha value is -4.10. The van der Waals surface area contributed by atoms with Crippen molar-refractivity contribution in [2.24, 2.45) is 95.6 Å². The molecule has 8 aliphatic carbocycles. The third-order valence-corrected chi connectivity index (χ3v) is 25.1. The van der Waals surface area contributed by atoms with Crippen LogP contribution in [0.25, 0.3) is 0 Å². The van der Waals surface area contributed by atoms with E-state index in [1.165, 1.54) is 27.7 Å². The van der Waals surface area contributed by atoms with Gasteiger partial charge in [0.1, 0.15) is 30.8 Å². The molecule has 0 spiro atoms. The van der Waals surface area contributed by atoms with Crippen LogP contribution in [0.15, 0.2) is 11.1 Å². The zero-order chi connectivity index (χ0) is 57.2. The van der Waals surface area contributed by atoms with Crippen LogP contribution in [0.4, 0.5) is 0 Å². The zero-order valence-corrected chi connectivity index (χ0v) is 49.7. The van der Waals surface area contributed by atoms with E-state index in [4.69, 9.17) is 23.7 Å². The first kappa shape index (κ1) is 59.0. The number of ether oxygens (including phenoxy) is 5. The molecule has 0 aromatic carbocycles. The Bertz CT molecular complexity index is 2500. The molecule has 430 valence electrons. The summed E-state index contributed by atoms with van der Waals surface area (Å²) in [5.41, 5.74) is -1.88. The summed E-state index contributed by atoms with van der Waals surface area (Å²) in [4.78, 5) is 100. The maximum atomic E-state index is 13.9. The lowest BCUT2D eigenvalue weighted by molar-refractivity contribution is -0.237. The Labute approximate surface area is 458 Å². The molecule has 0 aromatic rings. The molecule has 6 unspecified atom stereocenters. The Kier molecular flexibility index (Phi) is 15.0. The van der Waals surface area contributed by atoms with Gasteiger partial charge in [-0.15, -0.1) is 0 Å². The number of fused-ring (bicyclic) bond motifs is 12. The van der Waals surface area contributed by atoms with Crippen molar-refractivity contribution >= 4 is 47.6 Å². The second-order valence-corrected chi connectivity index (χ2v) is 29.2. The molecular formula is C63H94O14. The summed E-state index contributed by atoms with van der Waals surface area (Å²) in [6.07, 6.45) is 13.3. The SMILES string of the molecule is CC(=O)OC[C@@]1(C(=O)O)CC[C@]2(C)C(CCC3[C@@]4(C)CC[C@H](OC(C)=O)C(C)(C)C4CC[C@]32C)C1=O.CC(=O)OC[C@@]12CC[C@]3(C)C(CCC4[C@@]5(C)CC[C@H](OC(C)=O)C(C)(C)C5CC[C@]43C)C1=C(C(C)C)C(=O)OC2=O. The van der Waals surface area contributed by atoms with Crippen molar-refractivity contribution in [3.05, 3.63) is 11.1 Å². The Balaban J connectivity index is 0.000000205. The quantitative estimate of drug-likeness (QED) is 0.137. The third kappa shape index (κ3) is 8.62. The van der Waals surface area contributed by atoms with Crippen LogP contribution in [-0.2, 0) is 62.0 Å². The van der Waals surface area contributed by atoms with E-state index in [9.17, 15) is 43.5 Å². The summed E-state index contributed by atoms with van der Waals surface area (Å²) >= 11 is 0. The average Bonchev–Trinajstić information content (AvgIpc) is 3.52. The van der Waals surface area contributed by atoms with Crippen LogP contribution in [0.1, 0.15) is 214 Å².